The predicted molar refractivity (Wildman–Crippen MR) is 134 cm³/mol. The van der Waals surface area contributed by atoms with E-state index in [1.165, 1.54) is 32.5 Å². The van der Waals surface area contributed by atoms with E-state index in [9.17, 15) is 4.39 Å². The van der Waals surface area contributed by atoms with Crippen molar-refractivity contribution in [2.45, 2.75) is 97.7 Å². The molecule has 6 unspecified atom stereocenters. The van der Waals surface area contributed by atoms with Crippen molar-refractivity contribution in [2.24, 2.45) is 17.8 Å². The quantitative estimate of drug-likeness (QED) is 0.660. The Labute approximate surface area is 198 Å². The van der Waals surface area contributed by atoms with Crippen LogP contribution in [0.25, 0.3) is 0 Å². The smallest absolute Gasteiger partial charge is 0.126 e. The van der Waals surface area contributed by atoms with E-state index in [0.29, 0.717) is 18.3 Å². The Kier molecular flexibility index (Phi) is 14.5. The number of hydrogen-bond donors (Lipinski definition) is 1. The second kappa shape index (κ2) is 15.6. The molecule has 0 spiro atoms. The Hall–Kier alpha value is -0.270. The van der Waals surface area contributed by atoms with E-state index in [1.54, 1.807) is 0 Å². The Bertz CT molecular complexity index is 480. The number of halogens is 1. The molecule has 0 aromatic carbocycles. The van der Waals surface area contributed by atoms with Gasteiger partial charge in [-0.05, 0) is 85.1 Å². The molecule has 6 heteroatoms. The number of rotatable bonds is 2. The van der Waals surface area contributed by atoms with Crippen LogP contribution in [0.15, 0.2) is 0 Å². The maximum atomic E-state index is 13.0. The highest BCUT2D eigenvalue weighted by atomic mass is 19.1. The summed E-state index contributed by atoms with van der Waals surface area (Å²) in [6.07, 6.45) is 3.74. The van der Waals surface area contributed by atoms with Gasteiger partial charge in [-0.1, -0.05) is 27.7 Å². The zero-order valence-corrected chi connectivity index (χ0v) is 22.6. The molecule has 0 amide bonds. The first-order chi connectivity index (χ1) is 15.3. The molecule has 0 radical (unpaired) electrons. The lowest BCUT2D eigenvalue weighted by molar-refractivity contribution is -0.173. The fourth-order valence-corrected chi connectivity index (χ4v) is 5.13. The van der Waals surface area contributed by atoms with Gasteiger partial charge in [-0.25, -0.2) is 4.39 Å². The standard InChI is InChI=1S/C11H19FO2.C11H22N2.C2H7N.C2H6/c1-7(2)8-3-10-11(13-5-8)4-9(12)6-14-10;1-9(2)13-7-5-10-4-6-12(3)11(10)8-13;1-3-2;1-2/h7-11H,3-6H2,1-2H3;9-11H,4-8H2,1-3H3;3H,1-2H3;1-2H3. The van der Waals surface area contributed by atoms with Crippen LogP contribution in [0.3, 0.4) is 0 Å². The van der Waals surface area contributed by atoms with Gasteiger partial charge in [-0.2, -0.15) is 0 Å². The zero-order valence-electron chi connectivity index (χ0n) is 22.6. The number of nitrogens with zero attached hydrogens (tertiary/aromatic N) is 2. The van der Waals surface area contributed by atoms with Crippen LogP contribution in [0.5, 0.6) is 0 Å². The van der Waals surface area contributed by atoms with Crippen LogP contribution >= 0.6 is 0 Å². The minimum atomic E-state index is -0.827. The summed E-state index contributed by atoms with van der Waals surface area (Å²) in [6.45, 7) is 18.0. The molecule has 1 N–H and O–H groups in total. The number of likely N-dealkylation sites (N-methyl/N-ethyl adjacent to an activating group) is 1. The average molecular weight is 460 g/mol. The third-order valence-electron chi connectivity index (χ3n) is 7.30. The molecule has 32 heavy (non-hydrogen) atoms. The summed E-state index contributed by atoms with van der Waals surface area (Å²) in [6, 6.07) is 1.59. The van der Waals surface area contributed by atoms with Gasteiger partial charge >= 0.3 is 0 Å². The topological polar surface area (TPSA) is 37.0 Å². The van der Waals surface area contributed by atoms with Crippen LogP contribution < -0.4 is 5.32 Å². The van der Waals surface area contributed by atoms with Gasteiger partial charge in [0.2, 0.25) is 0 Å². The molecular formula is C26H54FN3O2. The fraction of sp³-hybridized carbons (Fsp3) is 1.00. The largest absolute Gasteiger partial charge is 0.375 e. The van der Waals surface area contributed by atoms with Gasteiger partial charge in [-0.3, -0.25) is 4.90 Å². The third-order valence-corrected chi connectivity index (χ3v) is 7.30. The summed E-state index contributed by atoms with van der Waals surface area (Å²) in [5.74, 6) is 2.20. The SMILES string of the molecule is CC.CC(C)C1COC2CC(F)COC2C1.CC(C)N1CCC2CCN(C)C2C1.CNC. The van der Waals surface area contributed by atoms with Crippen LogP contribution in [0.4, 0.5) is 4.39 Å². The molecule has 5 nitrogen and oxygen atoms in total. The lowest BCUT2D eigenvalue weighted by atomic mass is 9.85. The number of hydrogen-bond acceptors (Lipinski definition) is 5. The van der Waals surface area contributed by atoms with E-state index in [2.05, 4.69) is 49.9 Å². The molecule has 4 aliphatic rings. The van der Waals surface area contributed by atoms with E-state index >= 15 is 0 Å². The van der Waals surface area contributed by atoms with Crippen molar-refractivity contribution >= 4 is 0 Å². The summed E-state index contributed by atoms with van der Waals surface area (Å²) in [5.41, 5.74) is 0. The summed E-state index contributed by atoms with van der Waals surface area (Å²) in [4.78, 5) is 5.18. The molecule has 0 aliphatic carbocycles. The highest BCUT2D eigenvalue weighted by Gasteiger charge is 2.38. The van der Waals surface area contributed by atoms with Crippen molar-refractivity contribution in [1.29, 1.82) is 0 Å². The van der Waals surface area contributed by atoms with Gasteiger partial charge in [0.25, 0.3) is 0 Å². The summed E-state index contributed by atoms with van der Waals surface area (Å²) >= 11 is 0. The molecule has 0 bridgehead atoms. The number of piperidine rings is 1. The molecule has 4 fully saturated rings. The van der Waals surface area contributed by atoms with Crippen molar-refractivity contribution in [3.63, 3.8) is 0 Å². The Morgan fingerprint density at radius 2 is 1.47 bits per heavy atom. The fourth-order valence-electron chi connectivity index (χ4n) is 5.13. The summed E-state index contributed by atoms with van der Waals surface area (Å²) in [5, 5.41) is 2.75. The van der Waals surface area contributed by atoms with Crippen molar-refractivity contribution in [3.8, 4) is 0 Å². The number of nitrogens with one attached hydrogen (secondary N) is 1. The van der Waals surface area contributed by atoms with E-state index in [0.717, 1.165) is 31.0 Å². The minimum Gasteiger partial charge on any atom is -0.375 e. The highest BCUT2D eigenvalue weighted by Crippen LogP contribution is 2.33. The average Bonchev–Trinajstić information content (AvgIpc) is 3.16. The first-order valence-electron chi connectivity index (χ1n) is 13.2. The van der Waals surface area contributed by atoms with Crippen LogP contribution in [-0.4, -0.2) is 94.3 Å². The molecular weight excluding hydrogens is 405 g/mol. The van der Waals surface area contributed by atoms with Crippen LogP contribution in [-0.2, 0) is 9.47 Å². The van der Waals surface area contributed by atoms with Crippen LogP contribution in [0.2, 0.25) is 0 Å². The Balaban J connectivity index is 0.000000268. The third kappa shape index (κ3) is 9.17. The molecule has 0 aromatic rings. The van der Waals surface area contributed by atoms with E-state index in [-0.39, 0.29) is 18.8 Å². The monoisotopic (exact) mass is 459 g/mol. The van der Waals surface area contributed by atoms with Crippen molar-refractivity contribution in [2.75, 3.05) is 54.0 Å². The van der Waals surface area contributed by atoms with Crippen molar-refractivity contribution in [1.82, 2.24) is 15.1 Å². The summed E-state index contributed by atoms with van der Waals surface area (Å²) in [7, 11) is 6.04. The highest BCUT2D eigenvalue weighted by molar-refractivity contribution is 4.92. The van der Waals surface area contributed by atoms with Gasteiger partial charge < -0.3 is 19.7 Å². The number of alkyl halides is 1. The Morgan fingerprint density at radius 3 is 2.06 bits per heavy atom. The number of ether oxygens (including phenoxy) is 2. The first kappa shape index (κ1) is 29.8. The maximum absolute atomic E-state index is 13.0. The van der Waals surface area contributed by atoms with E-state index in [1.807, 2.05) is 27.9 Å². The molecule has 4 heterocycles. The second-order valence-corrected chi connectivity index (χ2v) is 10.3. The second-order valence-electron chi connectivity index (χ2n) is 10.3. The van der Waals surface area contributed by atoms with E-state index in [4.69, 9.17) is 9.47 Å². The number of likely N-dealkylation sites (tertiary alicyclic amines) is 2. The van der Waals surface area contributed by atoms with Gasteiger partial charge in [0.1, 0.15) is 6.17 Å². The van der Waals surface area contributed by atoms with Gasteiger partial charge in [0, 0.05) is 25.0 Å². The normalized spacial score (nSPS) is 34.9. The molecule has 0 saturated carbocycles. The first-order valence-corrected chi connectivity index (χ1v) is 13.2. The molecule has 4 saturated heterocycles. The van der Waals surface area contributed by atoms with Gasteiger partial charge in [0.05, 0.1) is 25.4 Å². The lowest BCUT2D eigenvalue weighted by Crippen LogP contribution is -2.49. The van der Waals surface area contributed by atoms with Gasteiger partial charge in [0.15, 0.2) is 0 Å². The Morgan fingerprint density at radius 1 is 0.906 bits per heavy atom. The zero-order chi connectivity index (χ0) is 24.3. The van der Waals surface area contributed by atoms with Crippen molar-refractivity contribution in [3.05, 3.63) is 0 Å². The molecule has 4 aliphatic heterocycles. The summed E-state index contributed by atoms with van der Waals surface area (Å²) < 4.78 is 24.1. The molecule has 0 aromatic heterocycles. The van der Waals surface area contributed by atoms with Crippen molar-refractivity contribution < 1.29 is 13.9 Å². The lowest BCUT2D eigenvalue weighted by Gasteiger charge is -2.41. The number of fused-ring (bicyclic) bond motifs is 2. The maximum Gasteiger partial charge on any atom is 0.126 e. The molecule has 6 atom stereocenters. The van der Waals surface area contributed by atoms with Crippen LogP contribution in [0.1, 0.15) is 67.2 Å². The minimum absolute atomic E-state index is 0.00810. The predicted octanol–water partition coefficient (Wildman–Crippen LogP) is 4.46. The van der Waals surface area contributed by atoms with E-state index < -0.39 is 6.17 Å². The molecule has 192 valence electrons. The van der Waals surface area contributed by atoms with Crippen LogP contribution in [0, 0.1) is 17.8 Å². The van der Waals surface area contributed by atoms with Gasteiger partial charge in [-0.15, -0.1) is 0 Å². The molecule has 4 rings (SSSR count).